The highest BCUT2D eigenvalue weighted by Gasteiger charge is 2.23. The van der Waals surface area contributed by atoms with Gasteiger partial charge in [0, 0.05) is 39.3 Å². The van der Waals surface area contributed by atoms with Crippen molar-refractivity contribution in [2.24, 2.45) is 0 Å². The summed E-state index contributed by atoms with van der Waals surface area (Å²) in [4.78, 5) is 44.7. The van der Waals surface area contributed by atoms with Crippen LogP contribution in [0.5, 0.6) is 0 Å². The number of thioether (sulfide) groups is 1. The van der Waals surface area contributed by atoms with Gasteiger partial charge >= 0.3 is 0 Å². The molecule has 0 fully saturated rings. The molecule has 7 nitrogen and oxygen atoms in total. The van der Waals surface area contributed by atoms with Crippen LogP contribution in [0.25, 0.3) is 6.08 Å². The SMILES string of the molecule is O=C(Nc1cccc(SC(C(=O)Nc2ccncc2)c2ccccc2)c1)/C(=C/c1cccc(Cl)c1)NC(=O)c1ccccc1. The lowest BCUT2D eigenvalue weighted by molar-refractivity contribution is -0.116. The highest BCUT2D eigenvalue weighted by atomic mass is 35.5. The number of nitrogens with zero attached hydrogens (tertiary/aromatic N) is 1. The fourth-order valence-corrected chi connectivity index (χ4v) is 5.51. The minimum absolute atomic E-state index is 0.0399. The third-order valence-corrected chi connectivity index (χ3v) is 7.81. The third kappa shape index (κ3) is 8.44. The molecule has 0 bridgehead atoms. The van der Waals surface area contributed by atoms with Gasteiger partial charge in [-0.1, -0.05) is 78.3 Å². The Balaban J connectivity index is 1.37. The van der Waals surface area contributed by atoms with Crippen molar-refractivity contribution in [2.75, 3.05) is 10.6 Å². The number of carbonyl (C=O) groups is 3. The summed E-state index contributed by atoms with van der Waals surface area (Å²) in [5.74, 6) is -1.15. The molecule has 218 valence electrons. The number of pyridine rings is 1. The van der Waals surface area contributed by atoms with Crippen molar-refractivity contribution in [3.05, 3.63) is 161 Å². The monoisotopic (exact) mass is 618 g/mol. The van der Waals surface area contributed by atoms with Gasteiger partial charge in [-0.3, -0.25) is 19.4 Å². The number of nitrogens with one attached hydrogen (secondary N) is 3. The lowest BCUT2D eigenvalue weighted by Crippen LogP contribution is -2.30. The smallest absolute Gasteiger partial charge is 0.272 e. The Morgan fingerprint density at radius 2 is 1.43 bits per heavy atom. The van der Waals surface area contributed by atoms with Crippen molar-refractivity contribution >= 4 is 58.5 Å². The van der Waals surface area contributed by atoms with Crippen LogP contribution in [0.4, 0.5) is 11.4 Å². The van der Waals surface area contributed by atoms with Gasteiger partial charge in [0.1, 0.15) is 10.9 Å². The number of benzene rings is 4. The van der Waals surface area contributed by atoms with Crippen molar-refractivity contribution in [3.8, 4) is 0 Å². The Labute approximate surface area is 264 Å². The Kier molecular flexibility index (Phi) is 10.2. The van der Waals surface area contributed by atoms with Gasteiger partial charge in [-0.25, -0.2) is 0 Å². The van der Waals surface area contributed by atoms with Crippen LogP contribution in [-0.4, -0.2) is 22.7 Å². The quantitative estimate of drug-likeness (QED) is 0.110. The number of anilines is 2. The molecule has 0 saturated carbocycles. The van der Waals surface area contributed by atoms with E-state index in [0.717, 1.165) is 10.5 Å². The first kappa shape index (κ1) is 30.3. The van der Waals surface area contributed by atoms with Gasteiger partial charge in [0.25, 0.3) is 11.8 Å². The molecule has 3 amide bonds. The zero-order valence-corrected chi connectivity index (χ0v) is 24.9. The molecule has 1 atom stereocenters. The van der Waals surface area contributed by atoms with E-state index in [1.165, 1.54) is 11.8 Å². The Morgan fingerprint density at radius 1 is 0.727 bits per heavy atom. The first-order chi connectivity index (χ1) is 21.4. The number of halogens is 1. The summed E-state index contributed by atoms with van der Waals surface area (Å²) in [6.07, 6.45) is 4.79. The molecule has 0 radical (unpaired) electrons. The van der Waals surface area contributed by atoms with E-state index < -0.39 is 17.1 Å². The van der Waals surface area contributed by atoms with E-state index in [4.69, 9.17) is 11.6 Å². The van der Waals surface area contributed by atoms with E-state index >= 15 is 0 Å². The lowest BCUT2D eigenvalue weighted by atomic mass is 10.1. The molecule has 9 heteroatoms. The fourth-order valence-electron chi connectivity index (χ4n) is 4.23. The van der Waals surface area contributed by atoms with Crippen LogP contribution in [0, 0.1) is 0 Å². The Hall–Kier alpha value is -5.18. The van der Waals surface area contributed by atoms with Crippen molar-refractivity contribution in [2.45, 2.75) is 10.1 Å². The summed E-state index contributed by atoms with van der Waals surface area (Å²) in [5, 5.41) is 8.50. The fraction of sp³-hybridized carbons (Fsp3) is 0.0286. The normalized spacial score (nSPS) is 11.7. The maximum absolute atomic E-state index is 13.5. The number of hydrogen-bond acceptors (Lipinski definition) is 5. The largest absolute Gasteiger partial charge is 0.325 e. The summed E-state index contributed by atoms with van der Waals surface area (Å²) >= 11 is 7.51. The van der Waals surface area contributed by atoms with Crippen LogP contribution in [-0.2, 0) is 9.59 Å². The molecule has 5 aromatic rings. The van der Waals surface area contributed by atoms with Crippen LogP contribution < -0.4 is 16.0 Å². The molecule has 1 heterocycles. The maximum atomic E-state index is 13.5. The molecule has 0 aliphatic heterocycles. The van der Waals surface area contributed by atoms with Crippen LogP contribution >= 0.6 is 23.4 Å². The predicted molar refractivity (Wildman–Crippen MR) is 176 cm³/mol. The van der Waals surface area contributed by atoms with Gasteiger partial charge in [0.15, 0.2) is 0 Å². The molecular formula is C35H27ClN4O3S. The molecule has 4 aromatic carbocycles. The number of aromatic nitrogens is 1. The number of rotatable bonds is 10. The molecule has 44 heavy (non-hydrogen) atoms. The Morgan fingerprint density at radius 3 is 2.16 bits per heavy atom. The van der Waals surface area contributed by atoms with E-state index in [9.17, 15) is 14.4 Å². The second kappa shape index (κ2) is 14.8. The van der Waals surface area contributed by atoms with Crippen LogP contribution in [0.2, 0.25) is 5.02 Å². The van der Waals surface area contributed by atoms with Gasteiger partial charge in [-0.05, 0) is 71.8 Å². The zero-order chi connectivity index (χ0) is 30.7. The van der Waals surface area contributed by atoms with E-state index in [2.05, 4.69) is 20.9 Å². The second-order valence-electron chi connectivity index (χ2n) is 9.55. The number of carbonyl (C=O) groups excluding carboxylic acids is 3. The molecular weight excluding hydrogens is 592 g/mol. The highest BCUT2D eigenvalue weighted by Crippen LogP contribution is 2.37. The van der Waals surface area contributed by atoms with E-state index in [0.29, 0.717) is 27.5 Å². The molecule has 3 N–H and O–H groups in total. The van der Waals surface area contributed by atoms with Gasteiger partial charge in [0.2, 0.25) is 5.91 Å². The molecule has 5 rings (SSSR count). The van der Waals surface area contributed by atoms with Crippen molar-refractivity contribution in [1.29, 1.82) is 0 Å². The third-order valence-electron chi connectivity index (χ3n) is 6.32. The summed E-state index contributed by atoms with van der Waals surface area (Å²) in [6, 6.07) is 35.7. The lowest BCUT2D eigenvalue weighted by Gasteiger charge is -2.18. The first-order valence-corrected chi connectivity index (χ1v) is 14.9. The second-order valence-corrected chi connectivity index (χ2v) is 11.2. The average molecular weight is 619 g/mol. The summed E-state index contributed by atoms with van der Waals surface area (Å²) in [6.45, 7) is 0. The predicted octanol–water partition coefficient (Wildman–Crippen LogP) is 7.62. The molecule has 1 aromatic heterocycles. The van der Waals surface area contributed by atoms with Gasteiger partial charge in [-0.2, -0.15) is 0 Å². The molecule has 0 aliphatic rings. The molecule has 0 saturated heterocycles. The summed E-state index contributed by atoms with van der Waals surface area (Å²) < 4.78 is 0. The molecule has 0 aliphatic carbocycles. The topological polar surface area (TPSA) is 100 Å². The van der Waals surface area contributed by atoms with E-state index in [-0.39, 0.29) is 11.6 Å². The Bertz CT molecular complexity index is 1780. The number of amides is 3. The van der Waals surface area contributed by atoms with Crippen LogP contribution in [0.1, 0.15) is 26.7 Å². The van der Waals surface area contributed by atoms with Crippen LogP contribution in [0.3, 0.4) is 0 Å². The summed E-state index contributed by atoms with van der Waals surface area (Å²) in [5.41, 5.74) is 3.06. The van der Waals surface area contributed by atoms with Gasteiger partial charge in [-0.15, -0.1) is 11.8 Å². The minimum Gasteiger partial charge on any atom is -0.325 e. The molecule has 0 spiro atoms. The van der Waals surface area contributed by atoms with Crippen molar-refractivity contribution < 1.29 is 14.4 Å². The van der Waals surface area contributed by atoms with Gasteiger partial charge < -0.3 is 16.0 Å². The average Bonchev–Trinajstić information content (AvgIpc) is 3.05. The minimum atomic E-state index is -0.571. The van der Waals surface area contributed by atoms with Crippen molar-refractivity contribution in [1.82, 2.24) is 10.3 Å². The van der Waals surface area contributed by atoms with E-state index in [1.54, 1.807) is 97.3 Å². The summed E-state index contributed by atoms with van der Waals surface area (Å²) in [7, 11) is 0. The standard InChI is InChI=1S/C35H27ClN4O3S/c36-27-14-7-9-24(21-27)22-31(40-33(41)26-12-5-2-6-13-26)34(42)39-29-15-8-16-30(23-29)44-32(25-10-3-1-4-11-25)35(43)38-28-17-19-37-20-18-28/h1-23,32H,(H,39,42)(H,40,41)(H,37,38,43)/b31-22-. The maximum Gasteiger partial charge on any atom is 0.272 e. The first-order valence-electron chi connectivity index (χ1n) is 13.6. The molecule has 1 unspecified atom stereocenters. The van der Waals surface area contributed by atoms with Crippen molar-refractivity contribution in [3.63, 3.8) is 0 Å². The highest BCUT2D eigenvalue weighted by molar-refractivity contribution is 8.00. The van der Waals surface area contributed by atoms with Gasteiger partial charge in [0.05, 0.1) is 0 Å². The van der Waals surface area contributed by atoms with E-state index in [1.807, 2.05) is 42.5 Å². The zero-order valence-electron chi connectivity index (χ0n) is 23.3. The van der Waals surface area contributed by atoms with Crippen LogP contribution in [0.15, 0.2) is 144 Å². The number of hydrogen-bond donors (Lipinski definition) is 3.